The third-order valence-corrected chi connectivity index (χ3v) is 4.26. The number of rotatable bonds is 8. The number of anilines is 3. The third kappa shape index (κ3) is 5.39. The highest BCUT2D eigenvalue weighted by atomic mass is 35.5. The van der Waals surface area contributed by atoms with Crippen LogP contribution in [0.2, 0.25) is 5.02 Å². The van der Waals surface area contributed by atoms with Crippen LogP contribution in [0.1, 0.15) is 5.56 Å². The van der Waals surface area contributed by atoms with Crippen molar-refractivity contribution < 1.29 is 9.72 Å². The Morgan fingerprint density at radius 2 is 1.86 bits per heavy atom. The van der Waals surface area contributed by atoms with Gasteiger partial charge in [0.2, 0.25) is 17.7 Å². The summed E-state index contributed by atoms with van der Waals surface area (Å²) in [5, 5.41) is 17.6. The van der Waals surface area contributed by atoms with Gasteiger partial charge < -0.3 is 16.4 Å². The van der Waals surface area contributed by atoms with Crippen molar-refractivity contribution in [3.05, 3.63) is 81.5 Å². The van der Waals surface area contributed by atoms with Crippen molar-refractivity contribution in [2.75, 3.05) is 10.6 Å². The number of benzene rings is 2. The molecule has 29 heavy (non-hydrogen) atoms. The van der Waals surface area contributed by atoms with Gasteiger partial charge in [-0.25, -0.2) is 4.98 Å². The SMILES string of the molecule is NC(=O)C(Cc1ccccc1)Nc1nc(Nc2ccc(Cl)cc2)ncc1[N+](=O)[O-]. The van der Waals surface area contributed by atoms with Gasteiger partial charge in [0.05, 0.1) is 4.92 Å². The molecule has 1 unspecified atom stereocenters. The van der Waals surface area contributed by atoms with Gasteiger partial charge in [0.25, 0.3) is 0 Å². The second-order valence-electron chi connectivity index (χ2n) is 6.11. The number of aromatic nitrogens is 2. The lowest BCUT2D eigenvalue weighted by Gasteiger charge is -2.16. The number of nitrogens with one attached hydrogen (secondary N) is 2. The molecule has 1 atom stereocenters. The van der Waals surface area contributed by atoms with Crippen LogP contribution >= 0.6 is 11.6 Å². The van der Waals surface area contributed by atoms with E-state index in [-0.39, 0.29) is 23.9 Å². The van der Waals surface area contributed by atoms with Gasteiger partial charge in [-0.3, -0.25) is 14.9 Å². The molecule has 0 saturated carbocycles. The van der Waals surface area contributed by atoms with Crippen LogP contribution in [0.4, 0.5) is 23.1 Å². The molecule has 2 aromatic carbocycles. The maximum absolute atomic E-state index is 11.9. The van der Waals surface area contributed by atoms with Crippen LogP contribution in [0.15, 0.2) is 60.8 Å². The first-order chi connectivity index (χ1) is 13.9. The number of hydrogen-bond acceptors (Lipinski definition) is 7. The van der Waals surface area contributed by atoms with Gasteiger partial charge in [0, 0.05) is 17.1 Å². The largest absolute Gasteiger partial charge is 0.368 e. The zero-order valence-electron chi connectivity index (χ0n) is 15.1. The quantitative estimate of drug-likeness (QED) is 0.381. The predicted octanol–water partition coefficient (Wildman–Crippen LogP) is 3.29. The predicted molar refractivity (Wildman–Crippen MR) is 110 cm³/mol. The van der Waals surface area contributed by atoms with E-state index in [0.29, 0.717) is 10.7 Å². The molecule has 1 aromatic heterocycles. The molecule has 3 aromatic rings. The average molecular weight is 413 g/mol. The Hall–Kier alpha value is -3.72. The van der Waals surface area contributed by atoms with Crippen molar-refractivity contribution >= 4 is 40.6 Å². The molecular weight excluding hydrogens is 396 g/mol. The van der Waals surface area contributed by atoms with Crippen LogP contribution in [0.5, 0.6) is 0 Å². The standard InChI is InChI=1S/C19H17ClN6O3/c20-13-6-8-14(9-7-13)23-19-22-11-16(26(28)29)18(25-19)24-15(17(21)27)10-12-4-2-1-3-5-12/h1-9,11,15H,10H2,(H2,21,27)(H2,22,23,24,25). The molecule has 4 N–H and O–H groups in total. The van der Waals surface area contributed by atoms with E-state index in [0.717, 1.165) is 11.8 Å². The number of halogens is 1. The summed E-state index contributed by atoms with van der Waals surface area (Å²) in [4.78, 5) is 30.8. The molecule has 0 saturated heterocycles. The van der Waals surface area contributed by atoms with E-state index in [1.807, 2.05) is 30.3 Å². The fourth-order valence-electron chi connectivity index (χ4n) is 2.58. The summed E-state index contributed by atoms with van der Waals surface area (Å²) in [5.41, 5.74) is 6.61. The monoisotopic (exact) mass is 412 g/mol. The highest BCUT2D eigenvalue weighted by Gasteiger charge is 2.23. The van der Waals surface area contributed by atoms with Crippen LogP contribution < -0.4 is 16.4 Å². The Kier molecular flexibility index (Phi) is 6.20. The Labute approximate surface area is 171 Å². The van der Waals surface area contributed by atoms with Gasteiger partial charge in [-0.05, 0) is 29.8 Å². The molecule has 3 rings (SSSR count). The first-order valence-electron chi connectivity index (χ1n) is 8.56. The van der Waals surface area contributed by atoms with Crippen molar-refractivity contribution in [3.63, 3.8) is 0 Å². The number of nitro groups is 1. The lowest BCUT2D eigenvalue weighted by atomic mass is 10.1. The first kappa shape index (κ1) is 20.0. The highest BCUT2D eigenvalue weighted by Crippen LogP contribution is 2.25. The minimum atomic E-state index is -0.894. The van der Waals surface area contributed by atoms with E-state index in [1.165, 1.54) is 0 Å². The first-order valence-corrected chi connectivity index (χ1v) is 8.94. The summed E-state index contributed by atoms with van der Waals surface area (Å²) in [6.07, 6.45) is 1.31. The molecule has 9 nitrogen and oxygen atoms in total. The number of carbonyl (C=O) groups excluding carboxylic acids is 1. The second kappa shape index (κ2) is 8.98. The Morgan fingerprint density at radius 1 is 1.17 bits per heavy atom. The minimum absolute atomic E-state index is 0.110. The van der Waals surface area contributed by atoms with Gasteiger partial charge in [0.1, 0.15) is 12.2 Å². The van der Waals surface area contributed by atoms with Gasteiger partial charge in [-0.2, -0.15) is 4.98 Å². The summed E-state index contributed by atoms with van der Waals surface area (Å²) < 4.78 is 0. The fraction of sp³-hybridized carbons (Fsp3) is 0.105. The molecule has 0 aliphatic heterocycles. The number of amides is 1. The zero-order valence-corrected chi connectivity index (χ0v) is 15.8. The van der Waals surface area contributed by atoms with Crippen molar-refractivity contribution in [2.24, 2.45) is 5.73 Å². The van der Waals surface area contributed by atoms with Crippen LogP contribution in [0.25, 0.3) is 0 Å². The van der Waals surface area contributed by atoms with E-state index in [9.17, 15) is 14.9 Å². The minimum Gasteiger partial charge on any atom is -0.368 e. The van der Waals surface area contributed by atoms with Crippen molar-refractivity contribution in [3.8, 4) is 0 Å². The Bertz CT molecular complexity index is 1010. The number of carbonyl (C=O) groups is 1. The normalized spacial score (nSPS) is 11.5. The molecule has 0 bridgehead atoms. The van der Waals surface area contributed by atoms with E-state index >= 15 is 0 Å². The van der Waals surface area contributed by atoms with Gasteiger partial charge in [0.15, 0.2) is 0 Å². The fourth-order valence-corrected chi connectivity index (χ4v) is 2.70. The molecule has 0 aliphatic rings. The molecule has 0 radical (unpaired) electrons. The summed E-state index contributed by atoms with van der Waals surface area (Å²) in [6.45, 7) is 0. The zero-order chi connectivity index (χ0) is 20.8. The lowest BCUT2D eigenvalue weighted by molar-refractivity contribution is -0.384. The van der Waals surface area contributed by atoms with Crippen molar-refractivity contribution in [1.82, 2.24) is 9.97 Å². The summed E-state index contributed by atoms with van der Waals surface area (Å²) in [5.74, 6) is -0.654. The van der Waals surface area contributed by atoms with E-state index < -0.39 is 16.9 Å². The number of nitrogens with two attached hydrogens (primary N) is 1. The molecule has 1 amide bonds. The summed E-state index contributed by atoms with van der Waals surface area (Å²) in [6, 6.07) is 15.1. The molecule has 0 spiro atoms. The number of primary amides is 1. The number of hydrogen-bond donors (Lipinski definition) is 3. The van der Waals surface area contributed by atoms with E-state index in [1.54, 1.807) is 24.3 Å². The van der Waals surface area contributed by atoms with E-state index in [2.05, 4.69) is 20.6 Å². The van der Waals surface area contributed by atoms with E-state index in [4.69, 9.17) is 17.3 Å². The molecule has 0 aliphatic carbocycles. The third-order valence-electron chi connectivity index (χ3n) is 4.00. The van der Waals surface area contributed by atoms with Crippen LogP contribution in [-0.2, 0) is 11.2 Å². The smallest absolute Gasteiger partial charge is 0.329 e. The maximum atomic E-state index is 11.9. The Morgan fingerprint density at radius 3 is 2.48 bits per heavy atom. The number of nitrogens with zero attached hydrogens (tertiary/aromatic N) is 3. The summed E-state index contributed by atoms with van der Waals surface area (Å²) in [7, 11) is 0. The second-order valence-corrected chi connectivity index (χ2v) is 6.54. The molecule has 0 fully saturated rings. The Balaban J connectivity index is 1.87. The van der Waals surface area contributed by atoms with Crippen LogP contribution in [0.3, 0.4) is 0 Å². The van der Waals surface area contributed by atoms with Crippen LogP contribution in [-0.4, -0.2) is 26.8 Å². The van der Waals surface area contributed by atoms with Crippen LogP contribution in [0, 0.1) is 10.1 Å². The van der Waals surface area contributed by atoms with Crippen molar-refractivity contribution in [2.45, 2.75) is 12.5 Å². The molecular formula is C19H17ClN6O3. The highest BCUT2D eigenvalue weighted by molar-refractivity contribution is 6.30. The van der Waals surface area contributed by atoms with Gasteiger partial charge >= 0.3 is 5.69 Å². The van der Waals surface area contributed by atoms with Gasteiger partial charge in [-0.15, -0.1) is 0 Å². The van der Waals surface area contributed by atoms with Gasteiger partial charge in [-0.1, -0.05) is 41.9 Å². The van der Waals surface area contributed by atoms with Crippen molar-refractivity contribution in [1.29, 1.82) is 0 Å². The lowest BCUT2D eigenvalue weighted by Crippen LogP contribution is -2.37. The molecule has 10 heteroatoms. The summed E-state index contributed by atoms with van der Waals surface area (Å²) >= 11 is 5.86. The topological polar surface area (TPSA) is 136 Å². The molecule has 148 valence electrons. The maximum Gasteiger partial charge on any atom is 0.329 e. The molecule has 1 heterocycles. The average Bonchev–Trinajstić information content (AvgIpc) is 2.70.